The Kier molecular flexibility index (Phi) is 5.58. The van der Waals surface area contributed by atoms with Crippen molar-refractivity contribution in [1.82, 2.24) is 4.90 Å². The highest BCUT2D eigenvalue weighted by Gasteiger charge is 2.18. The van der Waals surface area contributed by atoms with Crippen LogP contribution in [0.4, 0.5) is 0 Å². The summed E-state index contributed by atoms with van der Waals surface area (Å²) in [5.41, 5.74) is 3.46. The number of ether oxygens (including phenoxy) is 1. The van der Waals surface area contributed by atoms with Crippen LogP contribution in [0.15, 0.2) is 18.2 Å². The molecule has 1 aromatic carbocycles. The molecular formula is C17H27NO2. The van der Waals surface area contributed by atoms with Crippen LogP contribution in [0.2, 0.25) is 0 Å². The third-order valence-corrected chi connectivity index (χ3v) is 4.09. The Balaban J connectivity index is 1.87. The largest absolute Gasteiger partial charge is 0.387 e. The average molecular weight is 277 g/mol. The summed E-state index contributed by atoms with van der Waals surface area (Å²) in [6.07, 6.45) is 1.99. The molecule has 0 spiro atoms. The van der Waals surface area contributed by atoms with E-state index in [-0.39, 0.29) is 0 Å². The summed E-state index contributed by atoms with van der Waals surface area (Å²) in [6, 6.07) is 6.25. The average Bonchev–Trinajstić information content (AvgIpc) is 2.39. The molecule has 20 heavy (non-hydrogen) atoms. The number of aliphatic hydroxyl groups is 1. The molecule has 2 rings (SSSR count). The minimum atomic E-state index is -0.412. The van der Waals surface area contributed by atoms with Crippen LogP contribution in [-0.2, 0) is 4.74 Å². The molecule has 0 bridgehead atoms. The number of aliphatic hydroxyl groups excluding tert-OH is 1. The van der Waals surface area contributed by atoms with Gasteiger partial charge in [-0.05, 0) is 50.8 Å². The second kappa shape index (κ2) is 7.21. The van der Waals surface area contributed by atoms with Gasteiger partial charge in [-0.1, -0.05) is 23.8 Å². The van der Waals surface area contributed by atoms with Crippen molar-refractivity contribution in [1.29, 1.82) is 0 Å². The highest BCUT2D eigenvalue weighted by atomic mass is 16.5. The SMILES string of the molecule is Cc1ccc(C(O)CN(C)CC2CCCOC2)c(C)c1. The molecule has 1 N–H and O–H groups in total. The van der Waals surface area contributed by atoms with Crippen molar-refractivity contribution < 1.29 is 9.84 Å². The fourth-order valence-electron chi connectivity index (χ4n) is 3.06. The van der Waals surface area contributed by atoms with E-state index < -0.39 is 6.10 Å². The maximum absolute atomic E-state index is 10.4. The van der Waals surface area contributed by atoms with Crippen LogP contribution in [0.5, 0.6) is 0 Å². The first kappa shape index (κ1) is 15.5. The van der Waals surface area contributed by atoms with Crippen molar-refractivity contribution in [3.05, 3.63) is 34.9 Å². The lowest BCUT2D eigenvalue weighted by molar-refractivity contribution is 0.0342. The number of benzene rings is 1. The van der Waals surface area contributed by atoms with Crippen molar-refractivity contribution in [3.8, 4) is 0 Å². The zero-order valence-electron chi connectivity index (χ0n) is 12.9. The van der Waals surface area contributed by atoms with Gasteiger partial charge in [0.05, 0.1) is 12.7 Å². The second-order valence-corrected chi connectivity index (χ2v) is 6.18. The number of rotatable bonds is 5. The van der Waals surface area contributed by atoms with Gasteiger partial charge >= 0.3 is 0 Å². The molecule has 0 aliphatic carbocycles. The molecule has 1 saturated heterocycles. The van der Waals surface area contributed by atoms with Gasteiger partial charge in [0, 0.05) is 19.7 Å². The summed E-state index contributed by atoms with van der Waals surface area (Å²) >= 11 is 0. The van der Waals surface area contributed by atoms with Gasteiger partial charge in [-0.3, -0.25) is 0 Å². The molecule has 112 valence electrons. The molecule has 3 nitrogen and oxygen atoms in total. The molecule has 2 atom stereocenters. The van der Waals surface area contributed by atoms with Crippen LogP contribution in [0.25, 0.3) is 0 Å². The fraction of sp³-hybridized carbons (Fsp3) is 0.647. The van der Waals surface area contributed by atoms with Gasteiger partial charge in [0.25, 0.3) is 0 Å². The van der Waals surface area contributed by atoms with E-state index in [0.29, 0.717) is 12.5 Å². The summed E-state index contributed by atoms with van der Waals surface area (Å²) < 4.78 is 5.52. The maximum atomic E-state index is 10.4. The molecule has 1 aromatic rings. The first-order valence-electron chi connectivity index (χ1n) is 7.57. The van der Waals surface area contributed by atoms with Crippen LogP contribution in [0, 0.1) is 19.8 Å². The fourth-order valence-corrected chi connectivity index (χ4v) is 3.06. The number of nitrogens with zero attached hydrogens (tertiary/aromatic N) is 1. The van der Waals surface area contributed by atoms with Gasteiger partial charge in [0.2, 0.25) is 0 Å². The van der Waals surface area contributed by atoms with Crippen LogP contribution in [0.3, 0.4) is 0 Å². The maximum Gasteiger partial charge on any atom is 0.0919 e. The van der Waals surface area contributed by atoms with Crippen molar-refractivity contribution in [2.45, 2.75) is 32.8 Å². The van der Waals surface area contributed by atoms with Gasteiger partial charge in [0.1, 0.15) is 0 Å². The summed E-state index contributed by atoms with van der Waals surface area (Å²) in [6.45, 7) is 7.61. The van der Waals surface area contributed by atoms with E-state index in [0.717, 1.165) is 31.7 Å². The van der Waals surface area contributed by atoms with Crippen molar-refractivity contribution >= 4 is 0 Å². The Morgan fingerprint density at radius 3 is 2.85 bits per heavy atom. The van der Waals surface area contributed by atoms with E-state index in [1.165, 1.54) is 17.5 Å². The van der Waals surface area contributed by atoms with E-state index in [1.807, 2.05) is 6.07 Å². The number of aryl methyl sites for hydroxylation is 2. The van der Waals surface area contributed by atoms with Crippen LogP contribution in [-0.4, -0.2) is 43.4 Å². The first-order valence-corrected chi connectivity index (χ1v) is 7.57. The van der Waals surface area contributed by atoms with E-state index in [9.17, 15) is 5.11 Å². The zero-order valence-corrected chi connectivity index (χ0v) is 12.9. The predicted octanol–water partition coefficient (Wildman–Crippen LogP) is 2.70. The van der Waals surface area contributed by atoms with Crippen molar-refractivity contribution in [2.24, 2.45) is 5.92 Å². The lowest BCUT2D eigenvalue weighted by Crippen LogP contribution is -2.33. The molecule has 0 amide bonds. The number of hydrogen-bond donors (Lipinski definition) is 1. The Labute approximate surface area is 122 Å². The smallest absolute Gasteiger partial charge is 0.0919 e. The summed E-state index contributed by atoms with van der Waals surface area (Å²) in [5, 5.41) is 10.4. The molecule has 1 aliphatic rings. The topological polar surface area (TPSA) is 32.7 Å². The van der Waals surface area contributed by atoms with Gasteiger partial charge in [-0.2, -0.15) is 0 Å². The van der Waals surface area contributed by atoms with Crippen LogP contribution in [0.1, 0.15) is 35.6 Å². The standard InChI is InChI=1S/C17H27NO2/c1-13-6-7-16(14(2)9-13)17(19)11-18(3)10-15-5-4-8-20-12-15/h6-7,9,15,17,19H,4-5,8,10-12H2,1-3H3. The minimum absolute atomic E-state index is 0.412. The number of likely N-dealkylation sites (N-methyl/N-ethyl adjacent to an activating group) is 1. The monoisotopic (exact) mass is 277 g/mol. The Morgan fingerprint density at radius 1 is 1.40 bits per heavy atom. The molecular weight excluding hydrogens is 250 g/mol. The molecule has 1 heterocycles. The molecule has 3 heteroatoms. The van der Waals surface area contributed by atoms with Gasteiger partial charge in [-0.25, -0.2) is 0 Å². The Hall–Kier alpha value is -0.900. The highest BCUT2D eigenvalue weighted by Crippen LogP contribution is 2.21. The third kappa shape index (κ3) is 4.30. The zero-order chi connectivity index (χ0) is 14.5. The minimum Gasteiger partial charge on any atom is -0.387 e. The molecule has 2 unspecified atom stereocenters. The number of hydrogen-bond acceptors (Lipinski definition) is 3. The van der Waals surface area contributed by atoms with E-state index >= 15 is 0 Å². The summed E-state index contributed by atoms with van der Waals surface area (Å²) in [4.78, 5) is 2.23. The van der Waals surface area contributed by atoms with Crippen LogP contribution < -0.4 is 0 Å². The molecule has 0 saturated carbocycles. The highest BCUT2D eigenvalue weighted by molar-refractivity contribution is 5.32. The second-order valence-electron chi connectivity index (χ2n) is 6.18. The van der Waals surface area contributed by atoms with Crippen molar-refractivity contribution in [2.75, 3.05) is 33.4 Å². The van der Waals surface area contributed by atoms with Crippen molar-refractivity contribution in [3.63, 3.8) is 0 Å². The van der Waals surface area contributed by atoms with Crippen LogP contribution >= 0.6 is 0 Å². The lowest BCUT2D eigenvalue weighted by atomic mass is 9.99. The first-order chi connectivity index (χ1) is 9.56. The molecule has 0 radical (unpaired) electrons. The molecule has 1 fully saturated rings. The molecule has 1 aliphatic heterocycles. The van der Waals surface area contributed by atoms with E-state index in [1.54, 1.807) is 0 Å². The quantitative estimate of drug-likeness (QED) is 0.898. The lowest BCUT2D eigenvalue weighted by Gasteiger charge is -2.28. The summed E-state index contributed by atoms with van der Waals surface area (Å²) in [7, 11) is 2.08. The van der Waals surface area contributed by atoms with Gasteiger partial charge in [0.15, 0.2) is 0 Å². The third-order valence-electron chi connectivity index (χ3n) is 4.09. The Bertz CT molecular complexity index is 427. The predicted molar refractivity (Wildman–Crippen MR) is 81.9 cm³/mol. The van der Waals surface area contributed by atoms with E-state index in [4.69, 9.17) is 4.74 Å². The summed E-state index contributed by atoms with van der Waals surface area (Å²) in [5.74, 6) is 0.611. The van der Waals surface area contributed by atoms with Gasteiger partial charge < -0.3 is 14.7 Å². The normalized spacial score (nSPS) is 21.1. The molecule has 0 aromatic heterocycles. The van der Waals surface area contributed by atoms with Gasteiger partial charge in [-0.15, -0.1) is 0 Å². The van der Waals surface area contributed by atoms with E-state index in [2.05, 4.69) is 37.9 Å². The Morgan fingerprint density at radius 2 is 2.20 bits per heavy atom.